The van der Waals surface area contributed by atoms with Gasteiger partial charge in [-0.2, -0.15) is 0 Å². The molecule has 2 aliphatic heterocycles. The molecule has 2 atom stereocenters. The Morgan fingerprint density at radius 1 is 1.47 bits per heavy atom. The van der Waals surface area contributed by atoms with E-state index in [1.165, 1.54) is 12.0 Å². The Labute approximate surface area is 89.4 Å². The minimum absolute atomic E-state index is 0.462. The van der Waals surface area contributed by atoms with Crippen molar-refractivity contribution in [1.82, 2.24) is 5.32 Å². The molecule has 0 spiro atoms. The van der Waals surface area contributed by atoms with Gasteiger partial charge >= 0.3 is 0 Å². The smallest absolute Gasteiger partial charge is 0.124 e. The molecule has 1 aromatic carbocycles. The second-order valence-corrected chi connectivity index (χ2v) is 4.20. The number of methoxy groups -OCH3 is 1. The van der Waals surface area contributed by atoms with Crippen molar-refractivity contribution in [2.75, 3.05) is 20.3 Å². The Hall–Kier alpha value is -1.22. The molecular weight excluding hydrogens is 190 g/mol. The maximum atomic E-state index is 5.74. The largest absolute Gasteiger partial charge is 0.497 e. The lowest BCUT2D eigenvalue weighted by atomic mass is 9.92. The SMILES string of the molecule is COc1ccc2c(c1)C1NCCC1CO2. The van der Waals surface area contributed by atoms with Gasteiger partial charge in [-0.3, -0.25) is 0 Å². The predicted octanol–water partition coefficient (Wildman–Crippen LogP) is 1.74. The molecule has 15 heavy (non-hydrogen) atoms. The lowest BCUT2D eigenvalue weighted by Crippen LogP contribution is -2.27. The summed E-state index contributed by atoms with van der Waals surface area (Å²) in [4.78, 5) is 0. The standard InChI is InChI=1S/C12H15NO2/c1-14-9-2-3-11-10(6-9)12-8(7-15-11)4-5-13-12/h2-3,6,8,12-13H,4-5,7H2,1H3. The lowest BCUT2D eigenvalue weighted by molar-refractivity contribution is 0.204. The molecule has 80 valence electrons. The molecule has 3 nitrogen and oxygen atoms in total. The third kappa shape index (κ3) is 1.38. The summed E-state index contributed by atoms with van der Waals surface area (Å²) in [6, 6.07) is 6.51. The normalized spacial score (nSPS) is 27.8. The fraction of sp³-hybridized carbons (Fsp3) is 0.500. The Kier molecular flexibility index (Phi) is 2.06. The summed E-state index contributed by atoms with van der Waals surface area (Å²) in [5.41, 5.74) is 1.25. The van der Waals surface area contributed by atoms with Crippen LogP contribution in [0.1, 0.15) is 18.0 Å². The van der Waals surface area contributed by atoms with Gasteiger partial charge in [0, 0.05) is 17.5 Å². The van der Waals surface area contributed by atoms with Crippen LogP contribution in [-0.4, -0.2) is 20.3 Å². The van der Waals surface area contributed by atoms with Crippen LogP contribution < -0.4 is 14.8 Å². The van der Waals surface area contributed by atoms with Crippen molar-refractivity contribution in [2.45, 2.75) is 12.5 Å². The summed E-state index contributed by atoms with van der Waals surface area (Å²) >= 11 is 0. The van der Waals surface area contributed by atoms with E-state index in [1.54, 1.807) is 7.11 Å². The lowest BCUT2D eigenvalue weighted by Gasteiger charge is -2.28. The molecule has 1 N–H and O–H groups in total. The molecule has 2 aliphatic rings. The van der Waals surface area contributed by atoms with Crippen LogP contribution in [0.5, 0.6) is 11.5 Å². The summed E-state index contributed by atoms with van der Waals surface area (Å²) in [6.07, 6.45) is 1.21. The van der Waals surface area contributed by atoms with Gasteiger partial charge < -0.3 is 14.8 Å². The number of ether oxygens (including phenoxy) is 2. The van der Waals surface area contributed by atoms with Crippen molar-refractivity contribution >= 4 is 0 Å². The highest BCUT2D eigenvalue weighted by molar-refractivity contribution is 5.44. The number of hydrogen-bond donors (Lipinski definition) is 1. The number of hydrogen-bond acceptors (Lipinski definition) is 3. The Balaban J connectivity index is 2.03. The van der Waals surface area contributed by atoms with Crippen molar-refractivity contribution in [3.8, 4) is 11.5 Å². The summed E-state index contributed by atoms with van der Waals surface area (Å²) < 4.78 is 11.0. The molecule has 0 saturated carbocycles. The monoisotopic (exact) mass is 205 g/mol. The minimum atomic E-state index is 0.462. The average Bonchev–Trinajstić information content (AvgIpc) is 2.76. The zero-order chi connectivity index (χ0) is 10.3. The number of fused-ring (bicyclic) bond motifs is 3. The molecule has 3 rings (SSSR count). The van der Waals surface area contributed by atoms with E-state index < -0.39 is 0 Å². The highest BCUT2D eigenvalue weighted by atomic mass is 16.5. The van der Waals surface area contributed by atoms with Gasteiger partial charge in [-0.1, -0.05) is 0 Å². The quantitative estimate of drug-likeness (QED) is 0.757. The first-order valence-electron chi connectivity index (χ1n) is 5.42. The van der Waals surface area contributed by atoms with E-state index in [-0.39, 0.29) is 0 Å². The molecule has 0 aliphatic carbocycles. The van der Waals surface area contributed by atoms with Gasteiger partial charge in [-0.25, -0.2) is 0 Å². The zero-order valence-corrected chi connectivity index (χ0v) is 8.82. The third-order valence-corrected chi connectivity index (χ3v) is 3.36. The summed E-state index contributed by atoms with van der Waals surface area (Å²) in [5.74, 6) is 2.54. The maximum Gasteiger partial charge on any atom is 0.124 e. The van der Waals surface area contributed by atoms with Crippen LogP contribution in [0.2, 0.25) is 0 Å². The molecular formula is C12H15NO2. The van der Waals surface area contributed by atoms with Crippen LogP contribution in [0.15, 0.2) is 18.2 Å². The van der Waals surface area contributed by atoms with E-state index in [1.807, 2.05) is 12.1 Å². The van der Waals surface area contributed by atoms with Crippen molar-refractivity contribution in [1.29, 1.82) is 0 Å². The summed E-state index contributed by atoms with van der Waals surface area (Å²) in [5, 5.41) is 3.53. The molecule has 1 fully saturated rings. The molecule has 1 saturated heterocycles. The highest BCUT2D eigenvalue weighted by Gasteiger charge is 2.34. The van der Waals surface area contributed by atoms with E-state index >= 15 is 0 Å². The van der Waals surface area contributed by atoms with E-state index in [2.05, 4.69) is 11.4 Å². The number of nitrogens with one attached hydrogen (secondary N) is 1. The van der Waals surface area contributed by atoms with Crippen molar-refractivity contribution in [2.24, 2.45) is 5.92 Å². The molecule has 0 amide bonds. The molecule has 3 heteroatoms. The van der Waals surface area contributed by atoms with Gasteiger partial charge in [-0.15, -0.1) is 0 Å². The molecule has 1 aromatic rings. The minimum Gasteiger partial charge on any atom is -0.497 e. The Morgan fingerprint density at radius 2 is 2.40 bits per heavy atom. The van der Waals surface area contributed by atoms with Crippen LogP contribution in [0.25, 0.3) is 0 Å². The topological polar surface area (TPSA) is 30.5 Å². The first-order valence-corrected chi connectivity index (χ1v) is 5.42. The summed E-state index contributed by atoms with van der Waals surface area (Å²) in [6.45, 7) is 1.94. The third-order valence-electron chi connectivity index (χ3n) is 3.36. The number of benzene rings is 1. The van der Waals surface area contributed by atoms with Gasteiger partial charge in [0.2, 0.25) is 0 Å². The molecule has 0 bridgehead atoms. The first-order chi connectivity index (χ1) is 7.38. The van der Waals surface area contributed by atoms with Crippen LogP contribution in [0.3, 0.4) is 0 Å². The first kappa shape index (κ1) is 9.04. The van der Waals surface area contributed by atoms with Crippen molar-refractivity contribution in [3.63, 3.8) is 0 Å². The Morgan fingerprint density at radius 3 is 3.27 bits per heavy atom. The van der Waals surface area contributed by atoms with Crippen molar-refractivity contribution < 1.29 is 9.47 Å². The van der Waals surface area contributed by atoms with Crippen LogP contribution in [0, 0.1) is 5.92 Å². The highest BCUT2D eigenvalue weighted by Crippen LogP contribution is 2.40. The fourth-order valence-corrected chi connectivity index (χ4v) is 2.53. The van der Waals surface area contributed by atoms with Crippen LogP contribution >= 0.6 is 0 Å². The van der Waals surface area contributed by atoms with E-state index in [4.69, 9.17) is 9.47 Å². The van der Waals surface area contributed by atoms with Gasteiger partial charge in [0.15, 0.2) is 0 Å². The predicted molar refractivity (Wildman–Crippen MR) is 57.3 cm³/mol. The van der Waals surface area contributed by atoms with E-state index in [9.17, 15) is 0 Å². The van der Waals surface area contributed by atoms with Crippen LogP contribution in [0.4, 0.5) is 0 Å². The number of rotatable bonds is 1. The van der Waals surface area contributed by atoms with E-state index in [0.717, 1.165) is 24.7 Å². The van der Waals surface area contributed by atoms with Crippen molar-refractivity contribution in [3.05, 3.63) is 23.8 Å². The molecule has 0 aromatic heterocycles. The molecule has 2 heterocycles. The van der Waals surface area contributed by atoms with Crippen LogP contribution in [-0.2, 0) is 0 Å². The fourth-order valence-electron chi connectivity index (χ4n) is 2.53. The molecule has 2 unspecified atom stereocenters. The second-order valence-electron chi connectivity index (χ2n) is 4.20. The summed E-state index contributed by atoms with van der Waals surface area (Å²) in [7, 11) is 1.70. The second kappa shape index (κ2) is 3.42. The van der Waals surface area contributed by atoms with Gasteiger partial charge in [0.25, 0.3) is 0 Å². The van der Waals surface area contributed by atoms with Gasteiger partial charge in [-0.05, 0) is 31.2 Å². The Bertz CT molecular complexity index is 378. The molecule has 0 radical (unpaired) electrons. The van der Waals surface area contributed by atoms with Gasteiger partial charge in [0.1, 0.15) is 11.5 Å². The maximum absolute atomic E-state index is 5.74. The average molecular weight is 205 g/mol. The van der Waals surface area contributed by atoms with E-state index in [0.29, 0.717) is 12.0 Å². The van der Waals surface area contributed by atoms with Gasteiger partial charge in [0.05, 0.1) is 13.7 Å². The zero-order valence-electron chi connectivity index (χ0n) is 8.82.